The van der Waals surface area contributed by atoms with Crippen LogP contribution in [0.5, 0.6) is 0 Å². The molecule has 18 heteroatoms. The van der Waals surface area contributed by atoms with E-state index in [0.29, 0.717) is 12.3 Å². The summed E-state index contributed by atoms with van der Waals surface area (Å²) in [5, 5.41) is 5.00. The first-order valence-corrected chi connectivity index (χ1v) is 20.1. The molecule has 2 aliphatic carbocycles. The minimum Gasteiger partial charge on any atom is -0.460 e. The number of rotatable bonds is 22. The largest absolute Gasteiger partial charge is 0.460 e. The van der Waals surface area contributed by atoms with Crippen molar-refractivity contribution in [3.8, 4) is 0 Å². The minimum atomic E-state index is -0.961. The lowest BCUT2D eigenvalue weighted by Crippen LogP contribution is -2.49. The molecule has 0 aliphatic heterocycles. The minimum absolute atomic E-state index is 0.00903. The number of ether oxygens (including phenoxy) is 6. The molecule has 18 nitrogen and oxygen atoms in total. The topological polar surface area (TPSA) is 222 Å². The molecule has 2 N–H and O–H groups in total. The Bertz CT molecular complexity index is 1630. The summed E-state index contributed by atoms with van der Waals surface area (Å²) in [6, 6.07) is -1.68. The molecule has 0 aromatic rings. The van der Waals surface area contributed by atoms with Gasteiger partial charge in [0.15, 0.2) is 0 Å². The van der Waals surface area contributed by atoms with E-state index in [4.69, 9.17) is 28.4 Å². The van der Waals surface area contributed by atoms with E-state index in [2.05, 4.69) is 43.9 Å². The van der Waals surface area contributed by atoms with Crippen LogP contribution in [0.15, 0.2) is 48.6 Å². The summed E-state index contributed by atoms with van der Waals surface area (Å²) in [5.41, 5.74) is 0.661. The van der Waals surface area contributed by atoms with Crippen molar-refractivity contribution in [2.24, 2.45) is 29.6 Å². The van der Waals surface area contributed by atoms with E-state index in [1.807, 2.05) is 0 Å². The molecule has 2 bridgehead atoms. The van der Waals surface area contributed by atoms with Gasteiger partial charge in [-0.25, -0.2) is 48.2 Å². The van der Waals surface area contributed by atoms with Gasteiger partial charge in [-0.05, 0) is 76.5 Å². The van der Waals surface area contributed by atoms with E-state index < -0.39 is 48.1 Å². The summed E-state index contributed by atoms with van der Waals surface area (Å²) < 4.78 is 31.6. The zero-order chi connectivity index (χ0) is 44.9. The predicted octanol–water partition coefficient (Wildman–Crippen LogP) is 5.23. The zero-order valence-corrected chi connectivity index (χ0v) is 35.6. The molecule has 60 heavy (non-hydrogen) atoms. The zero-order valence-electron chi connectivity index (χ0n) is 35.6. The van der Waals surface area contributed by atoms with Crippen LogP contribution in [-0.4, -0.2) is 124 Å². The highest BCUT2D eigenvalue weighted by molar-refractivity contribution is 5.92. The smallest absolute Gasteiger partial charge is 0.418 e. The lowest BCUT2D eigenvalue weighted by atomic mass is 9.55. The Morgan fingerprint density at radius 2 is 1.00 bits per heavy atom. The first-order chi connectivity index (χ1) is 28.4. The Hall–Kier alpha value is -5.68. The van der Waals surface area contributed by atoms with Crippen molar-refractivity contribution in [1.82, 2.24) is 20.4 Å². The average Bonchev–Trinajstić information content (AvgIpc) is 3.19. The van der Waals surface area contributed by atoms with Crippen molar-refractivity contribution in [2.75, 3.05) is 65.8 Å². The van der Waals surface area contributed by atoms with Gasteiger partial charge in [-0.1, -0.05) is 52.5 Å². The van der Waals surface area contributed by atoms with Gasteiger partial charge in [0.25, 0.3) is 0 Å². The van der Waals surface area contributed by atoms with Gasteiger partial charge < -0.3 is 39.1 Å². The summed E-state index contributed by atoms with van der Waals surface area (Å²) in [5.74, 6) is -1.99. The summed E-state index contributed by atoms with van der Waals surface area (Å²) in [7, 11) is 0. The van der Waals surface area contributed by atoms with E-state index in [0.717, 1.165) is 41.9 Å². The number of imide groups is 2. The summed E-state index contributed by atoms with van der Waals surface area (Å²) >= 11 is 0. The lowest BCUT2D eigenvalue weighted by Gasteiger charge is -2.50. The van der Waals surface area contributed by atoms with Crippen LogP contribution in [0.2, 0.25) is 0 Å². The maximum Gasteiger partial charge on any atom is 0.418 e. The van der Waals surface area contributed by atoms with Crippen LogP contribution in [0.1, 0.15) is 73.1 Å². The van der Waals surface area contributed by atoms with Gasteiger partial charge in [-0.3, -0.25) is 0 Å². The number of hydrogen-bond donors (Lipinski definition) is 2. The van der Waals surface area contributed by atoms with Crippen LogP contribution in [0.25, 0.3) is 0 Å². The molecular formula is C42H62N4O14. The molecule has 0 aromatic carbocycles. The van der Waals surface area contributed by atoms with E-state index in [-0.39, 0.29) is 112 Å². The summed E-state index contributed by atoms with van der Waals surface area (Å²) in [6.07, 6.45) is 3.03. The second-order valence-electron chi connectivity index (χ2n) is 15.0. The molecule has 2 saturated carbocycles. The lowest BCUT2D eigenvalue weighted by molar-refractivity contribution is -0.140. The number of fused-ring (bicyclic) bond motifs is 2. The second kappa shape index (κ2) is 25.7. The van der Waals surface area contributed by atoms with Crippen molar-refractivity contribution in [1.29, 1.82) is 0 Å². The van der Waals surface area contributed by atoms with Gasteiger partial charge in [0, 0.05) is 22.3 Å². The van der Waals surface area contributed by atoms with Crippen LogP contribution in [0.4, 0.5) is 19.2 Å². The number of nitrogens with one attached hydrogen (secondary N) is 2. The molecule has 0 radical (unpaired) electrons. The SMILES string of the molecule is C=C(C)C(=O)OCCNC(=O)N(CCOC(=O)C(=C)C)C(=O)OCCC1C2CCCC1C(COC(=O)N(CCOC(=O)C(=C)C)C(=O)NCCOC(=O)C(=C)C)C(CC)C2. The molecule has 2 fully saturated rings. The third kappa shape index (κ3) is 16.5. The molecule has 0 saturated heterocycles. The molecule has 0 aromatic heterocycles. The monoisotopic (exact) mass is 846 g/mol. The van der Waals surface area contributed by atoms with Crippen LogP contribution in [0.3, 0.4) is 0 Å². The normalized spacial score (nSPS) is 18.9. The summed E-state index contributed by atoms with van der Waals surface area (Å²) in [6.45, 7) is 20.2. The molecule has 5 atom stereocenters. The molecule has 334 valence electrons. The van der Waals surface area contributed by atoms with Gasteiger partial charge in [0.1, 0.15) is 26.4 Å². The van der Waals surface area contributed by atoms with Crippen LogP contribution in [0, 0.1) is 29.6 Å². The van der Waals surface area contributed by atoms with E-state index in [1.165, 1.54) is 27.7 Å². The third-order valence-electron chi connectivity index (χ3n) is 10.3. The maximum absolute atomic E-state index is 13.5. The number of hydrogen-bond acceptors (Lipinski definition) is 14. The fourth-order valence-corrected chi connectivity index (χ4v) is 7.21. The van der Waals surface area contributed by atoms with Gasteiger partial charge in [0.05, 0.1) is 39.4 Å². The highest BCUT2D eigenvalue weighted by Crippen LogP contribution is 2.52. The van der Waals surface area contributed by atoms with Gasteiger partial charge >= 0.3 is 48.1 Å². The molecule has 2 rings (SSSR count). The van der Waals surface area contributed by atoms with Crippen molar-refractivity contribution in [2.45, 2.75) is 73.1 Å². The number of carbonyl (C=O) groups excluding carboxylic acids is 8. The Kier molecular flexibility index (Phi) is 21.6. The standard InChI is InChI=1S/C42H62N4O14/c1-10-30-24-31-12-11-13-33(34(30)25-60-42(54)46(18-23-58-38(50)29(8)9)40(52)44-16-21-56-36(48)27(4)5)32(31)14-19-59-41(53)45(17-22-57-37(49)28(6)7)39(51)43-15-20-55-35(47)26(2)3/h30-34H,2,4,6,8,10-25H2,1,3,5,7,9H3,(H,43,51)(H,44,52). The van der Waals surface area contributed by atoms with Gasteiger partial charge in [0.2, 0.25) is 0 Å². The Balaban J connectivity index is 2.12. The molecular weight excluding hydrogens is 784 g/mol. The van der Waals surface area contributed by atoms with Crippen molar-refractivity contribution < 1.29 is 66.8 Å². The number of amides is 6. The highest BCUT2D eigenvalue weighted by Gasteiger charge is 2.46. The van der Waals surface area contributed by atoms with E-state index >= 15 is 0 Å². The van der Waals surface area contributed by atoms with Crippen molar-refractivity contribution in [3.63, 3.8) is 0 Å². The predicted molar refractivity (Wildman–Crippen MR) is 217 cm³/mol. The quantitative estimate of drug-likeness (QED) is 0.0617. The van der Waals surface area contributed by atoms with E-state index in [1.54, 1.807) is 0 Å². The van der Waals surface area contributed by atoms with Crippen molar-refractivity contribution >= 4 is 48.1 Å². The second-order valence-corrected chi connectivity index (χ2v) is 15.0. The average molecular weight is 847 g/mol. The summed E-state index contributed by atoms with van der Waals surface area (Å²) in [4.78, 5) is 102. The fourth-order valence-electron chi connectivity index (χ4n) is 7.21. The molecule has 2 aliphatic rings. The first kappa shape index (κ1) is 50.5. The molecule has 6 amide bonds. The highest BCUT2D eigenvalue weighted by atomic mass is 16.6. The van der Waals surface area contributed by atoms with E-state index in [9.17, 15) is 38.4 Å². The third-order valence-corrected chi connectivity index (χ3v) is 10.3. The molecule has 5 unspecified atom stereocenters. The Morgan fingerprint density at radius 3 is 1.43 bits per heavy atom. The van der Waals surface area contributed by atoms with Gasteiger partial charge in [-0.2, -0.15) is 0 Å². The van der Waals surface area contributed by atoms with Crippen molar-refractivity contribution in [3.05, 3.63) is 48.6 Å². The Morgan fingerprint density at radius 1 is 0.567 bits per heavy atom. The molecule has 0 spiro atoms. The van der Waals surface area contributed by atoms with Crippen LogP contribution < -0.4 is 10.6 Å². The maximum atomic E-state index is 13.5. The molecule has 0 heterocycles. The Labute approximate surface area is 352 Å². The first-order valence-electron chi connectivity index (χ1n) is 20.1. The van der Waals surface area contributed by atoms with Crippen LogP contribution in [-0.2, 0) is 47.6 Å². The fraction of sp³-hybridized carbons (Fsp3) is 0.619. The number of nitrogens with zero attached hydrogens (tertiary/aromatic N) is 2. The van der Waals surface area contributed by atoms with Crippen LogP contribution >= 0.6 is 0 Å². The van der Waals surface area contributed by atoms with Gasteiger partial charge in [-0.15, -0.1) is 0 Å². The number of urea groups is 2. The number of carbonyl (C=O) groups is 8. The number of esters is 4.